The number of hydrogen-bond donors (Lipinski definition) is 1. The Hall–Kier alpha value is -1.23. The maximum Gasteiger partial charge on any atom is 0.347 e. The van der Waals surface area contributed by atoms with Gasteiger partial charge in [0.25, 0.3) is 0 Å². The molecule has 16 heavy (non-hydrogen) atoms. The fourth-order valence-corrected chi connectivity index (χ4v) is 1.35. The molecule has 1 aromatic rings. The highest BCUT2D eigenvalue weighted by Crippen LogP contribution is 2.20. The molecular weight excluding hydrogens is 222 g/mol. The van der Waals surface area contributed by atoms with E-state index in [1.54, 1.807) is 17.0 Å². The molecule has 0 saturated heterocycles. The molecule has 5 heteroatoms. The van der Waals surface area contributed by atoms with Crippen molar-refractivity contribution in [1.29, 1.82) is 0 Å². The van der Waals surface area contributed by atoms with Gasteiger partial charge in [-0.3, -0.25) is 4.57 Å². The van der Waals surface area contributed by atoms with Crippen molar-refractivity contribution >= 4 is 17.2 Å². The van der Waals surface area contributed by atoms with Crippen LogP contribution in [-0.2, 0) is 6.54 Å². The van der Waals surface area contributed by atoms with Gasteiger partial charge in [-0.25, -0.2) is 9.78 Å². The SMILES string of the molecule is Cc1cnc(=O)n(CCC(C)(C)C(N)=S)c1. The number of nitrogens with zero attached hydrogens (tertiary/aromatic N) is 2. The van der Waals surface area contributed by atoms with Crippen molar-refractivity contribution in [1.82, 2.24) is 9.55 Å². The van der Waals surface area contributed by atoms with Crippen LogP contribution in [0, 0.1) is 12.3 Å². The van der Waals surface area contributed by atoms with E-state index < -0.39 is 0 Å². The molecule has 0 atom stereocenters. The lowest BCUT2D eigenvalue weighted by molar-refractivity contribution is 0.427. The van der Waals surface area contributed by atoms with Crippen LogP contribution in [0.2, 0.25) is 0 Å². The van der Waals surface area contributed by atoms with Crippen molar-refractivity contribution in [3.8, 4) is 0 Å². The van der Waals surface area contributed by atoms with Gasteiger partial charge in [0, 0.05) is 24.4 Å². The lowest BCUT2D eigenvalue weighted by Gasteiger charge is -2.23. The average Bonchev–Trinajstić information content (AvgIpc) is 2.19. The van der Waals surface area contributed by atoms with Gasteiger partial charge in [-0.15, -0.1) is 0 Å². The first-order chi connectivity index (χ1) is 7.33. The monoisotopic (exact) mass is 239 g/mol. The summed E-state index contributed by atoms with van der Waals surface area (Å²) in [4.78, 5) is 15.7. The highest BCUT2D eigenvalue weighted by atomic mass is 32.1. The van der Waals surface area contributed by atoms with E-state index in [9.17, 15) is 4.79 Å². The van der Waals surface area contributed by atoms with Crippen molar-refractivity contribution in [3.63, 3.8) is 0 Å². The zero-order valence-corrected chi connectivity index (χ0v) is 10.7. The molecule has 2 N–H and O–H groups in total. The van der Waals surface area contributed by atoms with E-state index in [0.29, 0.717) is 11.5 Å². The minimum atomic E-state index is -0.238. The smallest absolute Gasteiger partial charge is 0.347 e. The molecule has 0 amide bonds. The highest BCUT2D eigenvalue weighted by molar-refractivity contribution is 7.80. The molecule has 4 nitrogen and oxygen atoms in total. The maximum absolute atomic E-state index is 11.4. The second-order valence-electron chi connectivity index (χ2n) is 4.61. The number of hydrogen-bond acceptors (Lipinski definition) is 3. The van der Waals surface area contributed by atoms with E-state index in [1.165, 1.54) is 0 Å². The van der Waals surface area contributed by atoms with E-state index in [0.717, 1.165) is 12.0 Å². The fourth-order valence-electron chi connectivity index (χ4n) is 1.25. The molecule has 1 heterocycles. The Balaban J connectivity index is 2.79. The third-order valence-corrected chi connectivity index (χ3v) is 3.18. The van der Waals surface area contributed by atoms with Crippen LogP contribution in [0.15, 0.2) is 17.2 Å². The van der Waals surface area contributed by atoms with Crippen molar-refractivity contribution < 1.29 is 0 Å². The predicted octanol–water partition coefficient (Wildman–Crippen LogP) is 1.25. The van der Waals surface area contributed by atoms with Crippen LogP contribution in [-0.4, -0.2) is 14.5 Å². The number of aromatic nitrogens is 2. The van der Waals surface area contributed by atoms with Crippen LogP contribution >= 0.6 is 12.2 Å². The number of thiocarbonyl (C=S) groups is 1. The quantitative estimate of drug-likeness (QED) is 0.803. The summed E-state index contributed by atoms with van der Waals surface area (Å²) in [6.07, 6.45) is 4.09. The second kappa shape index (κ2) is 4.74. The topological polar surface area (TPSA) is 60.9 Å². The Kier molecular flexibility index (Phi) is 3.80. The first kappa shape index (κ1) is 12.8. The Labute approximate surface area is 100 Å². The van der Waals surface area contributed by atoms with Gasteiger partial charge in [-0.1, -0.05) is 26.1 Å². The Bertz CT molecular complexity index is 451. The molecule has 0 unspecified atom stereocenters. The molecule has 0 bridgehead atoms. The fraction of sp³-hybridized carbons (Fsp3) is 0.545. The Morgan fingerprint density at radius 1 is 1.62 bits per heavy atom. The highest BCUT2D eigenvalue weighted by Gasteiger charge is 2.21. The van der Waals surface area contributed by atoms with Crippen molar-refractivity contribution in [2.24, 2.45) is 11.1 Å². The summed E-state index contributed by atoms with van der Waals surface area (Å²) in [7, 11) is 0. The van der Waals surface area contributed by atoms with Crippen LogP contribution < -0.4 is 11.4 Å². The molecule has 0 fully saturated rings. The predicted molar refractivity (Wildman–Crippen MR) is 68.4 cm³/mol. The van der Waals surface area contributed by atoms with Crippen LogP contribution in [0.3, 0.4) is 0 Å². The van der Waals surface area contributed by atoms with Gasteiger partial charge in [0.15, 0.2) is 0 Å². The van der Waals surface area contributed by atoms with Crippen LogP contribution in [0.1, 0.15) is 25.8 Å². The van der Waals surface area contributed by atoms with Crippen molar-refractivity contribution in [2.45, 2.75) is 33.7 Å². The van der Waals surface area contributed by atoms with E-state index in [1.807, 2.05) is 20.8 Å². The first-order valence-electron chi connectivity index (χ1n) is 5.16. The van der Waals surface area contributed by atoms with E-state index in [-0.39, 0.29) is 11.1 Å². The van der Waals surface area contributed by atoms with Crippen LogP contribution in [0.4, 0.5) is 0 Å². The largest absolute Gasteiger partial charge is 0.393 e. The van der Waals surface area contributed by atoms with Gasteiger partial charge in [0.1, 0.15) is 0 Å². The maximum atomic E-state index is 11.4. The third kappa shape index (κ3) is 3.13. The third-order valence-electron chi connectivity index (χ3n) is 2.63. The van der Waals surface area contributed by atoms with Gasteiger partial charge >= 0.3 is 5.69 Å². The number of nitrogens with two attached hydrogens (primary N) is 1. The van der Waals surface area contributed by atoms with E-state index in [2.05, 4.69) is 4.98 Å². The molecule has 0 aliphatic carbocycles. The lowest BCUT2D eigenvalue weighted by atomic mass is 9.89. The number of aryl methyl sites for hydroxylation is 2. The molecular formula is C11H17N3OS. The summed E-state index contributed by atoms with van der Waals surface area (Å²) in [5.41, 5.74) is 6.13. The summed E-state index contributed by atoms with van der Waals surface area (Å²) in [5, 5.41) is 0. The molecule has 0 spiro atoms. The number of rotatable bonds is 4. The molecule has 0 radical (unpaired) electrons. The minimum absolute atomic E-state index is 0.232. The summed E-state index contributed by atoms with van der Waals surface area (Å²) in [6, 6.07) is 0. The van der Waals surface area contributed by atoms with E-state index in [4.69, 9.17) is 18.0 Å². The van der Waals surface area contributed by atoms with Crippen molar-refractivity contribution in [3.05, 3.63) is 28.4 Å². The summed E-state index contributed by atoms with van der Waals surface area (Å²) >= 11 is 4.98. The molecule has 1 aromatic heterocycles. The molecule has 0 aliphatic heterocycles. The molecule has 0 saturated carbocycles. The summed E-state index contributed by atoms with van der Waals surface area (Å²) in [6.45, 7) is 6.44. The van der Waals surface area contributed by atoms with Gasteiger partial charge in [0.2, 0.25) is 0 Å². The Morgan fingerprint density at radius 3 is 2.81 bits per heavy atom. The summed E-state index contributed by atoms with van der Waals surface area (Å²) < 4.78 is 1.59. The standard InChI is InChI=1S/C11H17N3OS/c1-8-6-13-10(15)14(7-8)5-4-11(2,3)9(12)16/h6-7H,4-5H2,1-3H3,(H2,12,16). The Morgan fingerprint density at radius 2 is 2.25 bits per heavy atom. The zero-order chi connectivity index (χ0) is 12.3. The van der Waals surface area contributed by atoms with Gasteiger partial charge in [0.05, 0.1) is 4.99 Å². The molecule has 0 aliphatic rings. The van der Waals surface area contributed by atoms with Gasteiger partial charge in [-0.05, 0) is 18.9 Å². The average molecular weight is 239 g/mol. The first-order valence-corrected chi connectivity index (χ1v) is 5.57. The van der Waals surface area contributed by atoms with Crippen molar-refractivity contribution in [2.75, 3.05) is 0 Å². The molecule has 1 rings (SSSR count). The normalized spacial score (nSPS) is 11.4. The zero-order valence-electron chi connectivity index (χ0n) is 9.86. The van der Waals surface area contributed by atoms with Crippen LogP contribution in [0.25, 0.3) is 0 Å². The minimum Gasteiger partial charge on any atom is -0.393 e. The second-order valence-corrected chi connectivity index (χ2v) is 5.05. The van der Waals surface area contributed by atoms with E-state index >= 15 is 0 Å². The van der Waals surface area contributed by atoms with Crippen LogP contribution in [0.5, 0.6) is 0 Å². The van der Waals surface area contributed by atoms with Gasteiger partial charge in [-0.2, -0.15) is 0 Å². The lowest BCUT2D eigenvalue weighted by Crippen LogP contribution is -2.32. The summed E-state index contributed by atoms with van der Waals surface area (Å²) in [5.74, 6) is 0. The molecule has 0 aromatic carbocycles. The molecule has 88 valence electrons. The van der Waals surface area contributed by atoms with Gasteiger partial charge < -0.3 is 5.73 Å².